The van der Waals surface area contributed by atoms with Gasteiger partial charge in [0.05, 0.1) is 5.69 Å². The minimum atomic E-state index is 0.152. The maximum Gasteiger partial charge on any atom is 0.264 e. The highest BCUT2D eigenvalue weighted by Gasteiger charge is 2.47. The summed E-state index contributed by atoms with van der Waals surface area (Å²) in [7, 11) is 0. The van der Waals surface area contributed by atoms with Crippen molar-refractivity contribution in [2.75, 3.05) is 0 Å². The quantitative estimate of drug-likeness (QED) is 0.154. The van der Waals surface area contributed by atoms with Gasteiger partial charge < -0.3 is 9.62 Å². The Morgan fingerprint density at radius 2 is 0.848 bits per heavy atom. The molecule has 1 aromatic carbocycles. The summed E-state index contributed by atoms with van der Waals surface area (Å²) >= 11 is 0. The van der Waals surface area contributed by atoms with Crippen LogP contribution in [0.3, 0.4) is 0 Å². The molecule has 0 aliphatic heterocycles. The highest BCUT2D eigenvalue weighted by Crippen LogP contribution is 2.47. The molecule has 0 aromatic heterocycles. The second kappa shape index (κ2) is 16.8. The Hall–Kier alpha value is -1.38. The first kappa shape index (κ1) is 35.9. The van der Waals surface area contributed by atoms with Gasteiger partial charge in [0.1, 0.15) is 0 Å². The van der Waals surface area contributed by atoms with Gasteiger partial charge in [-0.1, -0.05) is 161 Å². The number of aliphatic imine (C=N–C) groups is 1. The van der Waals surface area contributed by atoms with Crippen LogP contribution in [0.2, 0.25) is 23.3 Å². The molecule has 5 heteroatoms. The fourth-order valence-corrected chi connectivity index (χ4v) is 10.4. The van der Waals surface area contributed by atoms with E-state index in [2.05, 4.69) is 82.4 Å². The first-order chi connectivity index (χ1) is 22.1. The van der Waals surface area contributed by atoms with E-state index in [1.165, 1.54) is 140 Å². The van der Waals surface area contributed by atoms with E-state index < -0.39 is 0 Å². The number of guanidine groups is 1. The zero-order valence-corrected chi connectivity index (χ0v) is 31.4. The van der Waals surface area contributed by atoms with E-state index in [4.69, 9.17) is 4.99 Å². The molecule has 4 aliphatic carbocycles. The summed E-state index contributed by atoms with van der Waals surface area (Å²) in [5.41, 5.74) is 2.70. The van der Waals surface area contributed by atoms with Crippen LogP contribution >= 0.6 is 0 Å². The van der Waals surface area contributed by atoms with Crippen LogP contribution in [0.25, 0.3) is 0 Å². The lowest BCUT2D eigenvalue weighted by Gasteiger charge is -2.52. The van der Waals surface area contributed by atoms with Crippen molar-refractivity contribution in [1.29, 1.82) is 0 Å². The normalized spacial score (nSPS) is 21.4. The van der Waals surface area contributed by atoms with E-state index in [0.29, 0.717) is 25.8 Å². The minimum absolute atomic E-state index is 0.152. The van der Waals surface area contributed by atoms with E-state index in [-0.39, 0.29) is 5.41 Å². The molecular formula is C41H71B2N3. The van der Waals surface area contributed by atoms with Gasteiger partial charge in [-0.15, -0.1) is 0 Å². The highest BCUT2D eigenvalue weighted by atomic mass is 15.4. The van der Waals surface area contributed by atoms with Crippen LogP contribution in [-0.2, 0) is 5.41 Å². The van der Waals surface area contributed by atoms with Crippen molar-refractivity contribution in [3.63, 3.8) is 0 Å². The Kier molecular flexibility index (Phi) is 13.1. The average Bonchev–Trinajstić information content (AvgIpc) is 3.06. The molecule has 4 aliphatic rings. The van der Waals surface area contributed by atoms with Crippen molar-refractivity contribution in [3.8, 4) is 0 Å². The summed E-state index contributed by atoms with van der Waals surface area (Å²) in [6.45, 7) is 18.2. The fraction of sp³-hybridized carbons (Fsp3) is 0.829. The molecule has 0 heterocycles. The molecule has 0 N–H and O–H groups in total. The Balaban J connectivity index is 1.67. The number of hydrogen-bond acceptors (Lipinski definition) is 1. The molecule has 5 rings (SSSR count). The molecule has 0 spiro atoms. The van der Waals surface area contributed by atoms with Crippen LogP contribution in [0.5, 0.6) is 0 Å². The number of hydrogen-bond donors (Lipinski definition) is 0. The summed E-state index contributed by atoms with van der Waals surface area (Å²) in [6, 6.07) is 10.3. The first-order valence-electron chi connectivity index (χ1n) is 20.4. The largest absolute Gasteiger partial charge is 0.385 e. The molecule has 0 amide bonds. The lowest BCUT2D eigenvalue weighted by molar-refractivity contribution is 0.356. The first-order valence-corrected chi connectivity index (χ1v) is 20.4. The molecule has 3 nitrogen and oxygen atoms in total. The molecule has 0 unspecified atom stereocenters. The Bertz CT molecular complexity index is 962. The molecule has 1 aromatic rings. The number of benzene rings is 1. The zero-order valence-electron chi connectivity index (χ0n) is 31.4. The Morgan fingerprint density at radius 3 is 1.11 bits per heavy atom. The van der Waals surface area contributed by atoms with Gasteiger partial charge in [-0.2, -0.15) is 0 Å². The van der Waals surface area contributed by atoms with E-state index in [0.717, 1.165) is 29.0 Å². The SMILES string of the molecule is CC(C)N(B(C1CCCCC1)C1CCCCC1)C(=Nc1ccc(C(C)(C)C)cc1)N(B(C1CCCCC1)C1CCCCC1)C(C)C. The van der Waals surface area contributed by atoms with Crippen molar-refractivity contribution in [3.05, 3.63) is 29.8 Å². The lowest BCUT2D eigenvalue weighted by Crippen LogP contribution is -2.63. The third kappa shape index (κ3) is 8.99. The second-order valence-corrected chi connectivity index (χ2v) is 17.8. The van der Waals surface area contributed by atoms with Crippen LogP contribution in [0, 0.1) is 0 Å². The Labute approximate surface area is 286 Å². The van der Waals surface area contributed by atoms with Crippen molar-refractivity contribution in [1.82, 2.24) is 9.62 Å². The monoisotopic (exact) mass is 628 g/mol. The van der Waals surface area contributed by atoms with E-state index in [1.54, 1.807) is 0 Å². The minimum Gasteiger partial charge on any atom is -0.385 e. The summed E-state index contributed by atoms with van der Waals surface area (Å²) in [5.74, 6) is 4.53. The maximum absolute atomic E-state index is 5.91. The van der Waals surface area contributed by atoms with E-state index in [9.17, 15) is 0 Å². The van der Waals surface area contributed by atoms with E-state index >= 15 is 0 Å². The van der Waals surface area contributed by atoms with Crippen molar-refractivity contribution in [2.24, 2.45) is 4.99 Å². The fourth-order valence-electron chi connectivity index (χ4n) is 10.4. The number of rotatable bonds is 9. The summed E-state index contributed by atoms with van der Waals surface area (Å²) in [5, 5.41) is 0. The van der Waals surface area contributed by atoms with Crippen molar-refractivity contribution < 1.29 is 0 Å². The van der Waals surface area contributed by atoms with E-state index in [1.807, 2.05) is 0 Å². The molecule has 256 valence electrons. The predicted molar refractivity (Wildman–Crippen MR) is 205 cm³/mol. The van der Waals surface area contributed by atoms with Crippen LogP contribution in [-0.4, -0.2) is 41.4 Å². The predicted octanol–water partition coefficient (Wildman–Crippen LogP) is 12.7. The third-order valence-electron chi connectivity index (χ3n) is 12.7. The third-order valence-corrected chi connectivity index (χ3v) is 12.7. The van der Waals surface area contributed by atoms with Gasteiger partial charge in [0.2, 0.25) is 0 Å². The second-order valence-electron chi connectivity index (χ2n) is 17.8. The maximum atomic E-state index is 5.91. The van der Waals surface area contributed by atoms with Crippen molar-refractivity contribution >= 4 is 25.3 Å². The topological polar surface area (TPSA) is 18.8 Å². The molecule has 0 bridgehead atoms. The van der Waals surface area contributed by atoms with Gasteiger partial charge in [-0.25, -0.2) is 4.99 Å². The molecule has 0 saturated heterocycles. The van der Waals surface area contributed by atoms with Gasteiger partial charge in [-0.05, 0) is 74.1 Å². The molecule has 4 fully saturated rings. The average molecular weight is 628 g/mol. The molecule has 4 saturated carbocycles. The van der Waals surface area contributed by atoms with Crippen LogP contribution in [0.15, 0.2) is 29.3 Å². The molecule has 0 radical (unpaired) electrons. The summed E-state index contributed by atoms with van der Waals surface area (Å²) < 4.78 is 0. The van der Waals surface area contributed by atoms with Crippen LogP contribution in [0.1, 0.15) is 182 Å². The van der Waals surface area contributed by atoms with Gasteiger partial charge >= 0.3 is 0 Å². The van der Waals surface area contributed by atoms with Crippen molar-refractivity contribution in [2.45, 2.75) is 218 Å². The standard InChI is InChI=1S/C41H71B2N3/c1-32(2)45(42(35-20-12-8-13-21-35)36-22-14-9-15-23-36)40(44-39-30-28-34(29-31-39)41(5,6)7)46(33(3)4)43(37-24-16-10-17-25-37)38-26-18-11-19-27-38/h28-33,35-38H,8-27H2,1-7H3. The van der Waals surface area contributed by atoms with Gasteiger partial charge in [-0.3, -0.25) is 0 Å². The molecule has 46 heavy (non-hydrogen) atoms. The summed E-state index contributed by atoms with van der Waals surface area (Å²) in [6.07, 6.45) is 28.4. The number of nitrogens with zero attached hydrogens (tertiary/aromatic N) is 3. The van der Waals surface area contributed by atoms with Crippen LogP contribution in [0.4, 0.5) is 5.69 Å². The highest BCUT2D eigenvalue weighted by molar-refractivity contribution is 6.66. The van der Waals surface area contributed by atoms with Gasteiger partial charge in [0.15, 0.2) is 5.96 Å². The van der Waals surface area contributed by atoms with Crippen LogP contribution < -0.4 is 0 Å². The lowest BCUT2D eigenvalue weighted by atomic mass is 9.35. The Morgan fingerprint density at radius 1 is 0.543 bits per heavy atom. The molecule has 0 atom stereocenters. The smallest absolute Gasteiger partial charge is 0.264 e. The summed E-state index contributed by atoms with van der Waals surface area (Å²) in [4.78, 5) is 11.9. The van der Waals surface area contributed by atoms with Gasteiger partial charge in [0.25, 0.3) is 13.7 Å². The zero-order chi connectivity index (χ0) is 32.7. The van der Waals surface area contributed by atoms with Gasteiger partial charge in [0, 0.05) is 12.1 Å². The molecular weight excluding hydrogens is 556 g/mol.